The number of likely N-dealkylation sites (tertiary alicyclic amines) is 1. The van der Waals surface area contributed by atoms with Crippen molar-refractivity contribution in [2.75, 3.05) is 19.6 Å². The molecule has 4 atom stereocenters. The van der Waals surface area contributed by atoms with Crippen molar-refractivity contribution in [3.63, 3.8) is 0 Å². The molecule has 1 saturated carbocycles. The largest absolute Gasteiger partial charge is 0.328 e. The molecular weight excluding hydrogens is 208 g/mol. The maximum Gasteiger partial charge on any atom is 0.00509 e. The fourth-order valence-electron chi connectivity index (χ4n) is 3.78. The highest BCUT2D eigenvalue weighted by Crippen LogP contribution is 2.30. The minimum Gasteiger partial charge on any atom is -0.328 e. The van der Waals surface area contributed by atoms with Crippen LogP contribution < -0.4 is 5.73 Å². The molecule has 0 aromatic heterocycles. The van der Waals surface area contributed by atoms with Crippen molar-refractivity contribution < 1.29 is 0 Å². The van der Waals surface area contributed by atoms with Gasteiger partial charge in [-0.15, -0.1) is 0 Å². The van der Waals surface area contributed by atoms with Gasteiger partial charge in [0.2, 0.25) is 0 Å². The first-order valence-corrected chi connectivity index (χ1v) is 7.63. The van der Waals surface area contributed by atoms with Crippen molar-refractivity contribution in [3.05, 3.63) is 0 Å². The molecule has 4 unspecified atom stereocenters. The number of hydrogen-bond acceptors (Lipinski definition) is 2. The summed E-state index contributed by atoms with van der Waals surface area (Å²) >= 11 is 0. The van der Waals surface area contributed by atoms with Crippen LogP contribution in [-0.4, -0.2) is 30.6 Å². The Balaban J connectivity index is 1.78. The Labute approximate surface area is 107 Å². The molecule has 0 aromatic carbocycles. The molecule has 1 saturated heterocycles. The summed E-state index contributed by atoms with van der Waals surface area (Å²) in [5, 5.41) is 0. The van der Waals surface area contributed by atoms with E-state index in [1.165, 1.54) is 58.2 Å². The SMILES string of the molecule is CC1CCCC(CN2CCCC(C(C)N)C2)C1. The Bertz CT molecular complexity index is 227. The number of piperidine rings is 1. The first-order valence-electron chi connectivity index (χ1n) is 7.63. The van der Waals surface area contributed by atoms with Crippen LogP contribution in [0, 0.1) is 17.8 Å². The molecule has 2 N–H and O–H groups in total. The van der Waals surface area contributed by atoms with Gasteiger partial charge in [0.1, 0.15) is 0 Å². The van der Waals surface area contributed by atoms with Gasteiger partial charge in [0, 0.05) is 19.1 Å². The zero-order chi connectivity index (χ0) is 12.3. The first kappa shape index (κ1) is 13.4. The predicted molar refractivity (Wildman–Crippen MR) is 73.9 cm³/mol. The summed E-state index contributed by atoms with van der Waals surface area (Å²) in [7, 11) is 0. The van der Waals surface area contributed by atoms with Crippen LogP contribution in [0.2, 0.25) is 0 Å². The second-order valence-corrected chi connectivity index (χ2v) is 6.66. The van der Waals surface area contributed by atoms with Crippen LogP contribution in [-0.2, 0) is 0 Å². The minimum atomic E-state index is 0.378. The van der Waals surface area contributed by atoms with Crippen LogP contribution in [0.3, 0.4) is 0 Å². The maximum atomic E-state index is 6.06. The Hall–Kier alpha value is -0.0800. The lowest BCUT2D eigenvalue weighted by atomic mass is 9.81. The average molecular weight is 238 g/mol. The molecule has 2 heteroatoms. The third-order valence-corrected chi connectivity index (χ3v) is 4.85. The molecule has 0 aromatic rings. The van der Waals surface area contributed by atoms with E-state index in [-0.39, 0.29) is 0 Å². The summed E-state index contributed by atoms with van der Waals surface area (Å²) in [6.07, 6.45) is 8.53. The predicted octanol–water partition coefficient (Wildman–Crippen LogP) is 2.87. The number of rotatable bonds is 3. The van der Waals surface area contributed by atoms with E-state index in [4.69, 9.17) is 5.73 Å². The molecule has 0 bridgehead atoms. The third-order valence-electron chi connectivity index (χ3n) is 4.85. The summed E-state index contributed by atoms with van der Waals surface area (Å²) in [5.41, 5.74) is 6.06. The van der Waals surface area contributed by atoms with Crippen LogP contribution in [0.15, 0.2) is 0 Å². The minimum absolute atomic E-state index is 0.378. The number of nitrogens with zero attached hydrogens (tertiary/aromatic N) is 1. The molecule has 1 heterocycles. The lowest BCUT2D eigenvalue weighted by Gasteiger charge is -2.38. The highest BCUT2D eigenvalue weighted by atomic mass is 15.1. The van der Waals surface area contributed by atoms with Gasteiger partial charge in [-0.25, -0.2) is 0 Å². The molecule has 0 radical (unpaired) electrons. The molecular formula is C15H30N2. The van der Waals surface area contributed by atoms with Gasteiger partial charge in [0.15, 0.2) is 0 Å². The number of hydrogen-bond donors (Lipinski definition) is 1. The van der Waals surface area contributed by atoms with Gasteiger partial charge in [0.05, 0.1) is 0 Å². The van der Waals surface area contributed by atoms with Crippen molar-refractivity contribution in [2.45, 2.75) is 58.4 Å². The van der Waals surface area contributed by atoms with Gasteiger partial charge >= 0.3 is 0 Å². The van der Waals surface area contributed by atoms with Crippen molar-refractivity contribution in [1.82, 2.24) is 4.90 Å². The van der Waals surface area contributed by atoms with Crippen molar-refractivity contribution in [2.24, 2.45) is 23.5 Å². The highest BCUT2D eigenvalue weighted by molar-refractivity contribution is 4.81. The molecule has 1 aliphatic carbocycles. The molecule has 17 heavy (non-hydrogen) atoms. The van der Waals surface area contributed by atoms with E-state index in [0.717, 1.165) is 17.8 Å². The van der Waals surface area contributed by atoms with Crippen molar-refractivity contribution >= 4 is 0 Å². The van der Waals surface area contributed by atoms with E-state index in [0.29, 0.717) is 6.04 Å². The van der Waals surface area contributed by atoms with Crippen LogP contribution in [0.5, 0.6) is 0 Å². The Morgan fingerprint density at radius 2 is 2.06 bits per heavy atom. The van der Waals surface area contributed by atoms with E-state index >= 15 is 0 Å². The van der Waals surface area contributed by atoms with Gasteiger partial charge in [-0.1, -0.05) is 19.8 Å². The van der Waals surface area contributed by atoms with Crippen LogP contribution in [0.1, 0.15) is 52.4 Å². The molecule has 2 rings (SSSR count). The van der Waals surface area contributed by atoms with Crippen LogP contribution in [0.25, 0.3) is 0 Å². The Morgan fingerprint density at radius 1 is 1.24 bits per heavy atom. The standard InChI is InChI=1S/C15H30N2/c1-12-5-3-6-14(9-12)10-17-8-4-7-15(11-17)13(2)16/h12-15H,3-11,16H2,1-2H3. The fourth-order valence-corrected chi connectivity index (χ4v) is 3.78. The maximum absolute atomic E-state index is 6.06. The Morgan fingerprint density at radius 3 is 2.76 bits per heavy atom. The van der Waals surface area contributed by atoms with Crippen molar-refractivity contribution in [3.8, 4) is 0 Å². The molecule has 2 fully saturated rings. The van der Waals surface area contributed by atoms with Gasteiger partial charge in [-0.3, -0.25) is 0 Å². The first-order chi connectivity index (χ1) is 8.15. The van der Waals surface area contributed by atoms with E-state index in [1.807, 2.05) is 0 Å². The smallest absolute Gasteiger partial charge is 0.00509 e. The second kappa shape index (κ2) is 6.19. The third kappa shape index (κ3) is 3.96. The monoisotopic (exact) mass is 238 g/mol. The van der Waals surface area contributed by atoms with E-state index in [1.54, 1.807) is 0 Å². The molecule has 1 aliphatic heterocycles. The average Bonchev–Trinajstić information content (AvgIpc) is 2.29. The molecule has 2 nitrogen and oxygen atoms in total. The van der Waals surface area contributed by atoms with E-state index in [2.05, 4.69) is 18.7 Å². The zero-order valence-electron chi connectivity index (χ0n) is 11.7. The zero-order valence-corrected chi connectivity index (χ0v) is 11.7. The lowest BCUT2D eigenvalue weighted by molar-refractivity contribution is 0.120. The topological polar surface area (TPSA) is 29.3 Å². The Kier molecular flexibility index (Phi) is 4.87. The van der Waals surface area contributed by atoms with Gasteiger partial charge in [-0.2, -0.15) is 0 Å². The molecule has 2 aliphatic rings. The van der Waals surface area contributed by atoms with Gasteiger partial charge in [0.25, 0.3) is 0 Å². The molecule has 0 spiro atoms. The summed E-state index contributed by atoms with van der Waals surface area (Å²) in [5.74, 6) is 2.66. The normalized spacial score (nSPS) is 37.9. The van der Waals surface area contributed by atoms with E-state index < -0.39 is 0 Å². The fraction of sp³-hybridized carbons (Fsp3) is 1.00. The highest BCUT2D eigenvalue weighted by Gasteiger charge is 2.26. The molecule has 0 amide bonds. The van der Waals surface area contributed by atoms with Gasteiger partial charge < -0.3 is 10.6 Å². The number of nitrogens with two attached hydrogens (primary N) is 1. The van der Waals surface area contributed by atoms with Crippen LogP contribution in [0.4, 0.5) is 0 Å². The van der Waals surface area contributed by atoms with Crippen LogP contribution >= 0.6 is 0 Å². The van der Waals surface area contributed by atoms with E-state index in [9.17, 15) is 0 Å². The summed E-state index contributed by atoms with van der Waals surface area (Å²) in [4.78, 5) is 2.69. The molecule has 100 valence electrons. The lowest BCUT2D eigenvalue weighted by Crippen LogP contribution is -2.44. The summed E-state index contributed by atoms with van der Waals surface area (Å²) in [6.45, 7) is 8.51. The second-order valence-electron chi connectivity index (χ2n) is 6.66. The summed E-state index contributed by atoms with van der Waals surface area (Å²) in [6, 6.07) is 0.378. The quantitative estimate of drug-likeness (QED) is 0.819. The van der Waals surface area contributed by atoms with Crippen molar-refractivity contribution in [1.29, 1.82) is 0 Å². The summed E-state index contributed by atoms with van der Waals surface area (Å²) < 4.78 is 0. The van der Waals surface area contributed by atoms with Gasteiger partial charge in [-0.05, 0) is 56.9 Å².